The molecule has 0 unspecified atom stereocenters. The van der Waals surface area contributed by atoms with Gasteiger partial charge in [0.1, 0.15) is 0 Å². The fraction of sp³-hybridized carbons (Fsp3) is 0.700. The zero-order chi connectivity index (χ0) is 11.1. The number of β-amino-alcohol motifs (C(OH)–C–C–N with tert-alkyl or cyclic N) is 1. The van der Waals surface area contributed by atoms with Crippen molar-refractivity contribution in [2.45, 2.75) is 26.0 Å². The van der Waals surface area contributed by atoms with Crippen LogP contribution < -0.4 is 0 Å². The van der Waals surface area contributed by atoms with Gasteiger partial charge < -0.3 is 5.11 Å². The number of thiazole rings is 1. The average molecular weight is 247 g/mol. The molecule has 1 aromatic rings. The van der Waals surface area contributed by atoms with Gasteiger partial charge in [-0.1, -0.05) is 25.4 Å². The van der Waals surface area contributed by atoms with Crippen LogP contribution in [0.3, 0.4) is 0 Å². The number of rotatable bonds is 3. The molecule has 0 spiro atoms. The van der Waals surface area contributed by atoms with E-state index in [4.69, 9.17) is 11.6 Å². The van der Waals surface area contributed by atoms with Gasteiger partial charge in [-0.15, -0.1) is 11.3 Å². The summed E-state index contributed by atoms with van der Waals surface area (Å²) in [5.74, 6) is 0.318. The Labute approximate surface area is 98.7 Å². The normalized spacial score (nSPS) is 20.6. The number of halogens is 1. The molecule has 1 aliphatic rings. The molecule has 3 nitrogen and oxygen atoms in total. The maximum atomic E-state index is 10.1. The first kappa shape index (κ1) is 11.3. The predicted octanol–water partition coefficient (Wildman–Crippen LogP) is 2.00. The Morgan fingerprint density at radius 3 is 2.80 bits per heavy atom. The van der Waals surface area contributed by atoms with Crippen LogP contribution in [0.1, 0.15) is 18.7 Å². The molecular formula is C10H15ClN2OS. The van der Waals surface area contributed by atoms with Crippen molar-refractivity contribution >= 4 is 22.9 Å². The number of hydrogen-bond donors (Lipinski definition) is 1. The molecule has 1 saturated heterocycles. The van der Waals surface area contributed by atoms with Crippen LogP contribution in [0.5, 0.6) is 0 Å². The van der Waals surface area contributed by atoms with Crippen LogP contribution in [-0.4, -0.2) is 33.7 Å². The summed E-state index contributed by atoms with van der Waals surface area (Å²) < 4.78 is 0.588. The minimum atomic E-state index is -0.492. The first-order chi connectivity index (χ1) is 6.99. The molecule has 0 saturated carbocycles. The third kappa shape index (κ3) is 2.33. The summed E-state index contributed by atoms with van der Waals surface area (Å²) in [5, 5.41) is 10.1. The Bertz CT molecular complexity index is 347. The van der Waals surface area contributed by atoms with Crippen molar-refractivity contribution in [1.29, 1.82) is 0 Å². The van der Waals surface area contributed by atoms with Gasteiger partial charge in [-0.2, -0.15) is 0 Å². The van der Waals surface area contributed by atoms with Crippen molar-refractivity contribution in [1.82, 2.24) is 9.88 Å². The highest BCUT2D eigenvalue weighted by molar-refractivity contribution is 7.15. The van der Waals surface area contributed by atoms with Crippen molar-refractivity contribution < 1.29 is 5.11 Å². The van der Waals surface area contributed by atoms with E-state index in [0.29, 0.717) is 10.4 Å². The highest BCUT2D eigenvalue weighted by atomic mass is 35.5. The summed E-state index contributed by atoms with van der Waals surface area (Å²) in [6, 6.07) is 0. The molecule has 0 aliphatic carbocycles. The maximum Gasteiger partial charge on any atom is 0.183 e. The second-order valence-electron chi connectivity index (χ2n) is 4.48. The monoisotopic (exact) mass is 246 g/mol. The van der Waals surface area contributed by atoms with Crippen molar-refractivity contribution in [3.05, 3.63) is 15.5 Å². The molecule has 0 bridgehead atoms. The molecule has 0 atom stereocenters. The Kier molecular flexibility index (Phi) is 3.03. The van der Waals surface area contributed by atoms with Crippen LogP contribution in [0.15, 0.2) is 6.20 Å². The van der Waals surface area contributed by atoms with Crippen LogP contribution in [0.25, 0.3) is 0 Å². The quantitative estimate of drug-likeness (QED) is 0.886. The Hall–Kier alpha value is -0.160. The van der Waals surface area contributed by atoms with E-state index in [1.807, 2.05) is 0 Å². The Morgan fingerprint density at radius 2 is 2.33 bits per heavy atom. The largest absolute Gasteiger partial charge is 0.387 e. The SMILES string of the molecule is CC(C)C1(O)CN(Cc2cnc(Cl)s2)C1. The highest BCUT2D eigenvalue weighted by Gasteiger charge is 2.43. The molecule has 1 fully saturated rings. The van der Waals surface area contributed by atoms with Crippen molar-refractivity contribution in [3.8, 4) is 0 Å². The van der Waals surface area contributed by atoms with Crippen molar-refractivity contribution in [3.63, 3.8) is 0 Å². The third-order valence-electron chi connectivity index (χ3n) is 2.97. The van der Waals surface area contributed by atoms with Gasteiger partial charge in [-0.3, -0.25) is 4.90 Å². The molecule has 1 N–H and O–H groups in total. The third-order valence-corrected chi connectivity index (χ3v) is 4.07. The molecule has 0 radical (unpaired) electrons. The minimum absolute atomic E-state index is 0.318. The molecule has 1 aromatic heterocycles. The van der Waals surface area contributed by atoms with E-state index in [1.54, 1.807) is 6.20 Å². The van der Waals surface area contributed by atoms with Crippen molar-refractivity contribution in [2.75, 3.05) is 13.1 Å². The first-order valence-electron chi connectivity index (χ1n) is 5.04. The van der Waals surface area contributed by atoms with Crippen LogP contribution >= 0.6 is 22.9 Å². The Morgan fingerprint density at radius 1 is 1.67 bits per heavy atom. The smallest absolute Gasteiger partial charge is 0.183 e. The van der Waals surface area contributed by atoms with Crippen LogP contribution in [0, 0.1) is 5.92 Å². The van der Waals surface area contributed by atoms with Crippen LogP contribution in [0.4, 0.5) is 0 Å². The van der Waals surface area contributed by atoms with Gasteiger partial charge in [0.05, 0.1) is 5.60 Å². The van der Waals surface area contributed by atoms with E-state index < -0.39 is 5.60 Å². The van der Waals surface area contributed by atoms with Gasteiger partial charge in [0, 0.05) is 30.7 Å². The molecule has 1 aliphatic heterocycles. The van der Waals surface area contributed by atoms with Crippen LogP contribution in [-0.2, 0) is 6.54 Å². The van der Waals surface area contributed by atoms with Gasteiger partial charge in [-0.05, 0) is 5.92 Å². The number of aliphatic hydroxyl groups is 1. The number of aromatic nitrogens is 1. The van der Waals surface area contributed by atoms with Gasteiger partial charge >= 0.3 is 0 Å². The van der Waals surface area contributed by atoms with Gasteiger partial charge in [0.2, 0.25) is 0 Å². The molecule has 84 valence electrons. The van der Waals surface area contributed by atoms with E-state index in [9.17, 15) is 5.11 Å². The number of likely N-dealkylation sites (tertiary alicyclic amines) is 1. The lowest BCUT2D eigenvalue weighted by atomic mass is 9.83. The zero-order valence-electron chi connectivity index (χ0n) is 8.90. The maximum absolute atomic E-state index is 10.1. The fourth-order valence-corrected chi connectivity index (χ4v) is 2.80. The zero-order valence-corrected chi connectivity index (χ0v) is 10.5. The van der Waals surface area contributed by atoms with E-state index in [2.05, 4.69) is 23.7 Å². The standard InChI is InChI=1S/C10H15ClN2OS/c1-7(2)10(14)5-13(6-10)4-8-3-12-9(11)15-8/h3,7,14H,4-6H2,1-2H3. The minimum Gasteiger partial charge on any atom is -0.387 e. The average Bonchev–Trinajstić information content (AvgIpc) is 2.48. The molecule has 2 heterocycles. The van der Waals surface area contributed by atoms with E-state index in [0.717, 1.165) is 24.5 Å². The fourth-order valence-electron chi connectivity index (χ4n) is 1.78. The molecule has 15 heavy (non-hydrogen) atoms. The summed E-state index contributed by atoms with van der Waals surface area (Å²) in [6.45, 7) is 6.46. The lowest BCUT2D eigenvalue weighted by molar-refractivity contribution is -0.130. The van der Waals surface area contributed by atoms with Crippen LogP contribution in [0.2, 0.25) is 4.47 Å². The van der Waals surface area contributed by atoms with Crippen molar-refractivity contribution in [2.24, 2.45) is 5.92 Å². The number of nitrogens with zero attached hydrogens (tertiary/aromatic N) is 2. The topological polar surface area (TPSA) is 36.4 Å². The second-order valence-corrected chi connectivity index (χ2v) is 6.18. The Balaban J connectivity index is 1.86. The van der Waals surface area contributed by atoms with Gasteiger partial charge in [0.15, 0.2) is 4.47 Å². The first-order valence-corrected chi connectivity index (χ1v) is 6.24. The molecule has 0 aromatic carbocycles. The summed E-state index contributed by atoms with van der Waals surface area (Å²) in [7, 11) is 0. The summed E-state index contributed by atoms with van der Waals surface area (Å²) in [6.07, 6.45) is 1.81. The van der Waals surface area contributed by atoms with Gasteiger partial charge in [0.25, 0.3) is 0 Å². The molecule has 2 rings (SSSR count). The molecular weight excluding hydrogens is 232 g/mol. The summed E-state index contributed by atoms with van der Waals surface area (Å²) in [4.78, 5) is 7.36. The lowest BCUT2D eigenvalue weighted by Crippen LogP contribution is -2.63. The van der Waals surface area contributed by atoms with E-state index in [-0.39, 0.29) is 0 Å². The summed E-state index contributed by atoms with van der Waals surface area (Å²) in [5.41, 5.74) is -0.492. The second kappa shape index (κ2) is 4.01. The molecule has 0 amide bonds. The van der Waals surface area contributed by atoms with Gasteiger partial charge in [-0.25, -0.2) is 4.98 Å². The highest BCUT2D eigenvalue weighted by Crippen LogP contribution is 2.30. The lowest BCUT2D eigenvalue weighted by Gasteiger charge is -2.49. The molecule has 5 heteroatoms. The van der Waals surface area contributed by atoms with E-state index in [1.165, 1.54) is 11.3 Å². The summed E-state index contributed by atoms with van der Waals surface area (Å²) >= 11 is 7.26. The van der Waals surface area contributed by atoms with E-state index >= 15 is 0 Å². The number of hydrogen-bond acceptors (Lipinski definition) is 4. The predicted molar refractivity (Wildman–Crippen MR) is 62.2 cm³/mol.